The van der Waals surface area contributed by atoms with E-state index in [0.717, 1.165) is 12.8 Å². The summed E-state index contributed by atoms with van der Waals surface area (Å²) in [7, 11) is 3.87. The van der Waals surface area contributed by atoms with E-state index in [1.807, 2.05) is 0 Å². The highest BCUT2D eigenvalue weighted by Crippen LogP contribution is 2.19. The lowest BCUT2D eigenvalue weighted by Crippen LogP contribution is -2.56. The number of nitrogens with zero attached hydrogens (tertiary/aromatic N) is 1. The largest absolute Gasteiger partial charge is 0.383 e. The lowest BCUT2D eigenvalue weighted by molar-refractivity contribution is 0.0154. The Morgan fingerprint density at radius 1 is 1.36 bits per heavy atom. The molecule has 0 bridgehead atoms. The molecule has 0 saturated heterocycles. The Morgan fingerprint density at radius 3 is 2.14 bits per heavy atom. The lowest BCUT2D eigenvalue weighted by atomic mass is 9.97. The maximum Gasteiger partial charge on any atom is 0.0656 e. The highest BCUT2D eigenvalue weighted by Gasteiger charge is 2.31. The SMILES string of the molecule is CCC(CC)N(C)C(C)(CN)COC. The molecule has 0 fully saturated rings. The van der Waals surface area contributed by atoms with E-state index in [0.29, 0.717) is 19.2 Å². The number of rotatable bonds is 7. The van der Waals surface area contributed by atoms with Gasteiger partial charge in [0.05, 0.1) is 12.1 Å². The molecule has 0 amide bonds. The van der Waals surface area contributed by atoms with Gasteiger partial charge in [-0.25, -0.2) is 0 Å². The fourth-order valence-corrected chi connectivity index (χ4v) is 1.89. The summed E-state index contributed by atoms with van der Waals surface area (Å²) in [6.45, 7) is 7.92. The van der Waals surface area contributed by atoms with Crippen molar-refractivity contribution >= 4 is 0 Å². The van der Waals surface area contributed by atoms with E-state index in [1.165, 1.54) is 0 Å². The molecule has 0 saturated carbocycles. The summed E-state index contributed by atoms with van der Waals surface area (Å²) in [6.07, 6.45) is 2.32. The van der Waals surface area contributed by atoms with Gasteiger partial charge in [-0.2, -0.15) is 0 Å². The standard InChI is InChI=1S/C11H26N2O/c1-6-10(7-2)13(4)11(3,8-12)9-14-5/h10H,6-9,12H2,1-5H3. The molecule has 0 aliphatic carbocycles. The molecule has 1 atom stereocenters. The van der Waals surface area contributed by atoms with Gasteiger partial charge in [0.2, 0.25) is 0 Å². The third-order valence-electron chi connectivity index (χ3n) is 3.24. The third kappa shape index (κ3) is 3.23. The summed E-state index contributed by atoms with van der Waals surface area (Å²) in [5.41, 5.74) is 5.78. The fourth-order valence-electron chi connectivity index (χ4n) is 1.89. The maximum atomic E-state index is 5.82. The van der Waals surface area contributed by atoms with Crippen LogP contribution in [-0.4, -0.2) is 43.8 Å². The van der Waals surface area contributed by atoms with Crippen LogP contribution in [0.4, 0.5) is 0 Å². The van der Waals surface area contributed by atoms with Crippen LogP contribution in [-0.2, 0) is 4.74 Å². The number of ether oxygens (including phenoxy) is 1. The molecule has 0 aromatic carbocycles. The van der Waals surface area contributed by atoms with Crippen molar-refractivity contribution in [3.05, 3.63) is 0 Å². The van der Waals surface area contributed by atoms with E-state index < -0.39 is 0 Å². The van der Waals surface area contributed by atoms with Crippen LogP contribution in [0.5, 0.6) is 0 Å². The molecule has 2 N–H and O–H groups in total. The molecule has 0 aliphatic heterocycles. The van der Waals surface area contributed by atoms with Crippen LogP contribution in [0.2, 0.25) is 0 Å². The zero-order chi connectivity index (χ0) is 11.2. The first-order valence-electron chi connectivity index (χ1n) is 5.47. The summed E-state index contributed by atoms with van der Waals surface area (Å²) >= 11 is 0. The highest BCUT2D eigenvalue weighted by molar-refractivity contribution is 4.88. The minimum absolute atomic E-state index is 0.0363. The number of nitrogens with two attached hydrogens (primary N) is 1. The van der Waals surface area contributed by atoms with Gasteiger partial charge < -0.3 is 10.5 Å². The normalized spacial score (nSPS) is 16.3. The first-order valence-corrected chi connectivity index (χ1v) is 5.47. The summed E-state index contributed by atoms with van der Waals surface area (Å²) in [6, 6.07) is 0.596. The van der Waals surface area contributed by atoms with E-state index in [4.69, 9.17) is 10.5 Å². The Hall–Kier alpha value is -0.120. The molecule has 14 heavy (non-hydrogen) atoms. The Morgan fingerprint density at radius 2 is 1.86 bits per heavy atom. The highest BCUT2D eigenvalue weighted by atomic mass is 16.5. The zero-order valence-electron chi connectivity index (χ0n) is 10.3. The second-order valence-electron chi connectivity index (χ2n) is 4.22. The van der Waals surface area contributed by atoms with Gasteiger partial charge in [-0.1, -0.05) is 13.8 Å². The van der Waals surface area contributed by atoms with Gasteiger partial charge in [-0.3, -0.25) is 4.90 Å². The van der Waals surface area contributed by atoms with Gasteiger partial charge in [0.1, 0.15) is 0 Å². The fraction of sp³-hybridized carbons (Fsp3) is 1.00. The van der Waals surface area contributed by atoms with Gasteiger partial charge in [0.25, 0.3) is 0 Å². The number of hydrogen-bond acceptors (Lipinski definition) is 3. The second kappa shape index (κ2) is 6.38. The van der Waals surface area contributed by atoms with Crippen LogP contribution >= 0.6 is 0 Å². The third-order valence-corrected chi connectivity index (χ3v) is 3.24. The minimum Gasteiger partial charge on any atom is -0.383 e. The smallest absolute Gasteiger partial charge is 0.0656 e. The van der Waals surface area contributed by atoms with Crippen LogP contribution in [0.25, 0.3) is 0 Å². The monoisotopic (exact) mass is 202 g/mol. The van der Waals surface area contributed by atoms with Crippen molar-refractivity contribution in [2.75, 3.05) is 27.3 Å². The molecule has 0 heterocycles. The Balaban J connectivity index is 4.48. The molecule has 0 aromatic rings. The van der Waals surface area contributed by atoms with Crippen molar-refractivity contribution in [1.29, 1.82) is 0 Å². The van der Waals surface area contributed by atoms with Crippen molar-refractivity contribution in [1.82, 2.24) is 4.90 Å². The van der Waals surface area contributed by atoms with E-state index in [-0.39, 0.29) is 5.54 Å². The molecular weight excluding hydrogens is 176 g/mol. The van der Waals surface area contributed by atoms with Crippen molar-refractivity contribution in [2.24, 2.45) is 5.73 Å². The second-order valence-corrected chi connectivity index (χ2v) is 4.22. The van der Waals surface area contributed by atoms with Gasteiger partial charge in [-0.15, -0.1) is 0 Å². The molecule has 3 nitrogen and oxygen atoms in total. The van der Waals surface area contributed by atoms with Crippen molar-refractivity contribution in [3.63, 3.8) is 0 Å². The average molecular weight is 202 g/mol. The summed E-state index contributed by atoms with van der Waals surface area (Å²) < 4.78 is 5.24. The van der Waals surface area contributed by atoms with Gasteiger partial charge in [0.15, 0.2) is 0 Å². The van der Waals surface area contributed by atoms with Crippen LogP contribution < -0.4 is 5.73 Å². The lowest BCUT2D eigenvalue weighted by Gasteiger charge is -2.42. The molecule has 0 aromatic heterocycles. The molecule has 1 unspecified atom stereocenters. The van der Waals surface area contributed by atoms with E-state index in [9.17, 15) is 0 Å². The average Bonchev–Trinajstić information content (AvgIpc) is 2.19. The molecule has 0 radical (unpaired) electrons. The predicted octanol–water partition coefficient (Wildman–Crippen LogP) is 1.47. The van der Waals surface area contributed by atoms with Gasteiger partial charge in [0, 0.05) is 19.7 Å². The maximum absolute atomic E-state index is 5.82. The Labute approximate surface area is 88.6 Å². The molecular formula is C11H26N2O. The Bertz CT molecular complexity index is 148. The van der Waals surface area contributed by atoms with Crippen LogP contribution in [0.3, 0.4) is 0 Å². The summed E-state index contributed by atoms with van der Waals surface area (Å²) in [5.74, 6) is 0. The van der Waals surface area contributed by atoms with Crippen molar-refractivity contribution < 1.29 is 4.74 Å². The first kappa shape index (κ1) is 13.9. The van der Waals surface area contributed by atoms with Gasteiger partial charge in [-0.05, 0) is 26.8 Å². The van der Waals surface area contributed by atoms with E-state index >= 15 is 0 Å². The Kier molecular flexibility index (Phi) is 6.33. The van der Waals surface area contributed by atoms with Crippen LogP contribution in [0.15, 0.2) is 0 Å². The van der Waals surface area contributed by atoms with Gasteiger partial charge >= 0.3 is 0 Å². The van der Waals surface area contributed by atoms with Crippen molar-refractivity contribution in [3.8, 4) is 0 Å². The number of methoxy groups -OCH3 is 1. The molecule has 3 heteroatoms. The first-order chi connectivity index (χ1) is 6.55. The molecule has 86 valence electrons. The summed E-state index contributed by atoms with van der Waals surface area (Å²) in [5, 5.41) is 0. The topological polar surface area (TPSA) is 38.5 Å². The number of hydrogen-bond donors (Lipinski definition) is 1. The van der Waals surface area contributed by atoms with Crippen LogP contribution in [0.1, 0.15) is 33.6 Å². The quantitative estimate of drug-likeness (QED) is 0.679. The minimum atomic E-state index is -0.0363. The van der Waals surface area contributed by atoms with E-state index in [1.54, 1.807) is 7.11 Å². The molecule has 0 aliphatic rings. The molecule has 0 spiro atoms. The predicted molar refractivity (Wildman–Crippen MR) is 61.5 cm³/mol. The molecule has 0 rings (SSSR count). The van der Waals surface area contributed by atoms with Crippen molar-refractivity contribution in [2.45, 2.75) is 45.2 Å². The summed E-state index contributed by atoms with van der Waals surface area (Å²) in [4.78, 5) is 2.36. The zero-order valence-corrected chi connectivity index (χ0v) is 10.3. The van der Waals surface area contributed by atoms with Crippen LogP contribution in [0, 0.1) is 0 Å². The number of likely N-dealkylation sites (N-methyl/N-ethyl adjacent to an activating group) is 1. The van der Waals surface area contributed by atoms with E-state index in [2.05, 4.69) is 32.7 Å².